The van der Waals surface area contributed by atoms with Crippen LogP contribution >= 0.6 is 0 Å². The molecule has 0 radical (unpaired) electrons. The number of nitrogen functional groups attached to an aromatic ring is 1. The third-order valence-corrected chi connectivity index (χ3v) is 3.84. The van der Waals surface area contributed by atoms with Crippen molar-refractivity contribution in [2.24, 2.45) is 0 Å². The molecule has 5 nitrogen and oxygen atoms in total. The van der Waals surface area contributed by atoms with Gasteiger partial charge in [0, 0.05) is 18.6 Å². The van der Waals surface area contributed by atoms with Crippen LogP contribution in [0.1, 0.15) is 25.7 Å². The molecule has 0 bridgehead atoms. The molecule has 0 spiro atoms. The van der Waals surface area contributed by atoms with E-state index in [0.717, 1.165) is 0 Å². The Morgan fingerprint density at radius 2 is 2.00 bits per heavy atom. The van der Waals surface area contributed by atoms with Crippen LogP contribution in [0.15, 0.2) is 12.4 Å². The average molecular weight is 233 g/mol. The maximum Gasteiger partial charge on any atom is 0.222 e. The van der Waals surface area contributed by atoms with Crippen molar-refractivity contribution in [1.29, 1.82) is 0 Å². The lowest BCUT2D eigenvalue weighted by atomic mass is 9.99. The topological polar surface area (TPSA) is 67.1 Å². The smallest absolute Gasteiger partial charge is 0.222 e. The molecule has 2 fully saturated rings. The molecule has 17 heavy (non-hydrogen) atoms. The second-order valence-corrected chi connectivity index (χ2v) is 4.98. The molecule has 2 aliphatic heterocycles. The average Bonchev–Trinajstić information content (AvgIpc) is 2.76. The normalized spacial score (nSPS) is 28.9. The van der Waals surface area contributed by atoms with Gasteiger partial charge in [0.1, 0.15) is 0 Å². The van der Waals surface area contributed by atoms with Crippen molar-refractivity contribution in [2.45, 2.75) is 37.8 Å². The SMILES string of the molecule is Nc1cnc(NC2CCN3CCCCC23)nc1. The van der Waals surface area contributed by atoms with Gasteiger partial charge in [0.05, 0.1) is 18.1 Å². The lowest BCUT2D eigenvalue weighted by molar-refractivity contribution is 0.192. The predicted molar refractivity (Wildman–Crippen MR) is 67.7 cm³/mol. The van der Waals surface area contributed by atoms with Crippen LogP contribution in [0.3, 0.4) is 0 Å². The molecule has 92 valence electrons. The largest absolute Gasteiger partial charge is 0.396 e. The molecule has 1 aromatic heterocycles. The number of nitrogens with two attached hydrogens (primary N) is 1. The number of hydrogen-bond donors (Lipinski definition) is 2. The highest BCUT2D eigenvalue weighted by Crippen LogP contribution is 2.28. The second-order valence-electron chi connectivity index (χ2n) is 4.98. The predicted octanol–water partition coefficient (Wildman–Crippen LogP) is 1.10. The molecule has 2 saturated heterocycles. The van der Waals surface area contributed by atoms with Gasteiger partial charge in [0.2, 0.25) is 5.95 Å². The third kappa shape index (κ3) is 2.20. The molecule has 3 N–H and O–H groups in total. The Morgan fingerprint density at radius 3 is 2.82 bits per heavy atom. The van der Waals surface area contributed by atoms with E-state index in [-0.39, 0.29) is 0 Å². The fourth-order valence-corrected chi connectivity index (χ4v) is 2.99. The summed E-state index contributed by atoms with van der Waals surface area (Å²) in [6.07, 6.45) is 8.50. The minimum atomic E-state index is 0.499. The van der Waals surface area contributed by atoms with E-state index in [0.29, 0.717) is 23.7 Å². The summed E-state index contributed by atoms with van der Waals surface area (Å²) in [4.78, 5) is 11.0. The molecule has 2 aliphatic rings. The molecule has 0 amide bonds. The van der Waals surface area contributed by atoms with Crippen LogP contribution in [0, 0.1) is 0 Å². The Balaban J connectivity index is 1.67. The van der Waals surface area contributed by atoms with Crippen molar-refractivity contribution in [3.63, 3.8) is 0 Å². The van der Waals surface area contributed by atoms with Gasteiger partial charge in [-0.15, -0.1) is 0 Å². The van der Waals surface area contributed by atoms with E-state index in [2.05, 4.69) is 20.2 Å². The summed E-state index contributed by atoms with van der Waals surface area (Å²) >= 11 is 0. The van der Waals surface area contributed by atoms with E-state index < -0.39 is 0 Å². The molecular weight excluding hydrogens is 214 g/mol. The van der Waals surface area contributed by atoms with Crippen molar-refractivity contribution < 1.29 is 0 Å². The number of aromatic nitrogens is 2. The lowest BCUT2D eigenvalue weighted by Crippen LogP contribution is -2.41. The van der Waals surface area contributed by atoms with Crippen LogP contribution in [0.2, 0.25) is 0 Å². The molecule has 0 saturated carbocycles. The first kappa shape index (κ1) is 10.8. The number of rotatable bonds is 2. The van der Waals surface area contributed by atoms with Crippen molar-refractivity contribution in [3.8, 4) is 0 Å². The van der Waals surface area contributed by atoms with E-state index in [1.54, 1.807) is 12.4 Å². The molecule has 0 aromatic carbocycles. The Labute approximate surface area is 101 Å². The first-order valence-corrected chi connectivity index (χ1v) is 6.41. The zero-order valence-electron chi connectivity index (χ0n) is 9.97. The van der Waals surface area contributed by atoms with E-state index in [1.165, 1.54) is 38.8 Å². The minimum absolute atomic E-state index is 0.499. The molecule has 3 rings (SSSR count). The summed E-state index contributed by atoms with van der Waals surface area (Å²) in [5, 5.41) is 3.45. The standard InChI is InChI=1S/C12H19N5/c13-9-7-14-12(15-8-9)16-10-4-6-17-5-2-1-3-11(10)17/h7-8,10-11H,1-6,13H2,(H,14,15,16). The molecule has 3 heterocycles. The molecule has 1 aromatic rings. The van der Waals surface area contributed by atoms with Crippen LogP contribution in [0.25, 0.3) is 0 Å². The van der Waals surface area contributed by atoms with Gasteiger partial charge in [-0.3, -0.25) is 4.90 Å². The van der Waals surface area contributed by atoms with Crippen LogP contribution in [0.4, 0.5) is 11.6 Å². The highest BCUT2D eigenvalue weighted by Gasteiger charge is 2.35. The summed E-state index contributed by atoms with van der Waals surface area (Å²) < 4.78 is 0. The van der Waals surface area contributed by atoms with Gasteiger partial charge in [0.25, 0.3) is 0 Å². The summed E-state index contributed by atoms with van der Waals surface area (Å²) in [7, 11) is 0. The van der Waals surface area contributed by atoms with Gasteiger partial charge in [-0.2, -0.15) is 0 Å². The molecule has 0 aliphatic carbocycles. The van der Waals surface area contributed by atoms with Gasteiger partial charge in [-0.25, -0.2) is 9.97 Å². The van der Waals surface area contributed by atoms with Gasteiger partial charge in [-0.05, 0) is 25.8 Å². The maximum atomic E-state index is 5.58. The summed E-state index contributed by atoms with van der Waals surface area (Å²) in [6, 6.07) is 1.17. The number of anilines is 2. The number of hydrogen-bond acceptors (Lipinski definition) is 5. The molecule has 5 heteroatoms. The highest BCUT2D eigenvalue weighted by molar-refractivity contribution is 5.36. The first-order valence-electron chi connectivity index (χ1n) is 6.41. The quantitative estimate of drug-likeness (QED) is 0.800. The molecule has 2 unspecified atom stereocenters. The van der Waals surface area contributed by atoms with Crippen LogP contribution < -0.4 is 11.1 Å². The lowest BCUT2D eigenvalue weighted by Gasteiger charge is -2.32. The first-order chi connectivity index (χ1) is 8.33. The molecule has 2 atom stereocenters. The number of nitrogens with one attached hydrogen (secondary N) is 1. The van der Waals surface area contributed by atoms with Crippen LogP contribution in [-0.4, -0.2) is 40.0 Å². The van der Waals surface area contributed by atoms with Crippen molar-refractivity contribution in [1.82, 2.24) is 14.9 Å². The summed E-state index contributed by atoms with van der Waals surface area (Å²) in [6.45, 7) is 2.46. The Bertz CT molecular complexity index is 377. The van der Waals surface area contributed by atoms with Gasteiger partial charge in [0.15, 0.2) is 0 Å². The fraction of sp³-hybridized carbons (Fsp3) is 0.667. The minimum Gasteiger partial charge on any atom is -0.396 e. The maximum absolute atomic E-state index is 5.58. The van der Waals surface area contributed by atoms with E-state index in [4.69, 9.17) is 5.73 Å². The van der Waals surface area contributed by atoms with Gasteiger partial charge in [-0.1, -0.05) is 6.42 Å². The molecular formula is C12H19N5. The summed E-state index contributed by atoms with van der Waals surface area (Å²) in [5.74, 6) is 0.705. The third-order valence-electron chi connectivity index (χ3n) is 3.84. The van der Waals surface area contributed by atoms with Gasteiger partial charge < -0.3 is 11.1 Å². The number of piperidine rings is 1. The van der Waals surface area contributed by atoms with E-state index in [9.17, 15) is 0 Å². The Kier molecular flexibility index (Phi) is 2.84. The van der Waals surface area contributed by atoms with E-state index in [1.807, 2.05) is 0 Å². The van der Waals surface area contributed by atoms with E-state index >= 15 is 0 Å². The summed E-state index contributed by atoms with van der Waals surface area (Å²) in [5.41, 5.74) is 6.19. The Hall–Kier alpha value is -1.36. The highest BCUT2D eigenvalue weighted by atomic mass is 15.2. The van der Waals surface area contributed by atoms with Crippen LogP contribution in [0.5, 0.6) is 0 Å². The van der Waals surface area contributed by atoms with Crippen molar-refractivity contribution in [2.75, 3.05) is 24.1 Å². The second kappa shape index (κ2) is 4.49. The number of nitrogens with zero attached hydrogens (tertiary/aromatic N) is 3. The van der Waals surface area contributed by atoms with Crippen molar-refractivity contribution in [3.05, 3.63) is 12.4 Å². The van der Waals surface area contributed by atoms with Crippen molar-refractivity contribution >= 4 is 11.6 Å². The van der Waals surface area contributed by atoms with Gasteiger partial charge >= 0.3 is 0 Å². The monoisotopic (exact) mass is 233 g/mol. The Morgan fingerprint density at radius 1 is 1.18 bits per heavy atom. The zero-order chi connectivity index (χ0) is 11.7. The fourth-order valence-electron chi connectivity index (χ4n) is 2.99. The zero-order valence-corrected chi connectivity index (χ0v) is 9.97. The van der Waals surface area contributed by atoms with Crippen LogP contribution in [-0.2, 0) is 0 Å². The number of fused-ring (bicyclic) bond motifs is 1.